The fraction of sp³-hybridized carbons (Fsp3) is 0.529. The van der Waals surface area contributed by atoms with Crippen molar-refractivity contribution < 1.29 is 19.8 Å². The molecule has 0 heterocycles. The van der Waals surface area contributed by atoms with Crippen molar-refractivity contribution in [3.8, 4) is 0 Å². The van der Waals surface area contributed by atoms with Crippen LogP contribution in [0.4, 0.5) is 0 Å². The van der Waals surface area contributed by atoms with E-state index in [4.69, 9.17) is 5.11 Å². The molecule has 2 unspecified atom stereocenters. The third kappa shape index (κ3) is 3.26. The number of carboxylic acids is 2. The highest BCUT2D eigenvalue weighted by Crippen LogP contribution is 2.48. The van der Waals surface area contributed by atoms with Gasteiger partial charge in [-0.3, -0.25) is 4.79 Å². The molecule has 2 rings (SSSR count). The second-order valence-electron chi connectivity index (χ2n) is 6.96. The van der Waals surface area contributed by atoms with Crippen LogP contribution in [0.25, 0.3) is 0 Å². The second-order valence-corrected chi connectivity index (χ2v) is 6.96. The van der Waals surface area contributed by atoms with Crippen molar-refractivity contribution in [2.24, 2.45) is 11.3 Å². The first-order chi connectivity index (χ1) is 9.70. The number of hydrogen-bond acceptors (Lipinski definition) is 2. The molecule has 1 aliphatic rings. The van der Waals surface area contributed by atoms with E-state index in [1.807, 2.05) is 6.07 Å². The van der Waals surface area contributed by atoms with Gasteiger partial charge in [0.2, 0.25) is 0 Å². The number of aliphatic carboxylic acids is 1. The zero-order chi connectivity index (χ0) is 15.8. The van der Waals surface area contributed by atoms with E-state index < -0.39 is 11.9 Å². The average molecular weight is 290 g/mol. The highest BCUT2D eigenvalue weighted by molar-refractivity contribution is 5.88. The molecule has 1 aliphatic carbocycles. The van der Waals surface area contributed by atoms with E-state index in [0.717, 1.165) is 24.0 Å². The van der Waals surface area contributed by atoms with Gasteiger partial charge in [0.15, 0.2) is 0 Å². The molecule has 0 radical (unpaired) electrons. The zero-order valence-electron chi connectivity index (χ0n) is 12.7. The molecule has 114 valence electrons. The Morgan fingerprint density at radius 3 is 2.43 bits per heavy atom. The van der Waals surface area contributed by atoms with Gasteiger partial charge in [0.1, 0.15) is 0 Å². The maximum Gasteiger partial charge on any atom is 0.335 e. The molecule has 1 aromatic carbocycles. The summed E-state index contributed by atoms with van der Waals surface area (Å²) in [6.07, 6.45) is 1.80. The summed E-state index contributed by atoms with van der Waals surface area (Å²) in [5.41, 5.74) is 2.34. The molecule has 0 saturated heterocycles. The number of aryl methyl sites for hydroxylation is 1. The first kappa shape index (κ1) is 15.5. The SMILES string of the molecule is CC(C)(C)C1c2cc(C(=O)O)ccc2CCC1CC(=O)O. The lowest BCUT2D eigenvalue weighted by Gasteiger charge is -2.41. The summed E-state index contributed by atoms with van der Waals surface area (Å²) >= 11 is 0. The van der Waals surface area contributed by atoms with Crippen molar-refractivity contribution >= 4 is 11.9 Å². The van der Waals surface area contributed by atoms with Crippen LogP contribution in [-0.4, -0.2) is 22.2 Å². The lowest BCUT2D eigenvalue weighted by Crippen LogP contribution is -2.32. The fourth-order valence-electron chi connectivity index (χ4n) is 3.62. The number of carboxylic acid groups (broad SMARTS) is 2. The standard InChI is InChI=1S/C17H22O4/c1-17(2,3)15-11(9-14(18)19)6-4-10-5-7-12(16(20)21)8-13(10)15/h5,7-8,11,15H,4,6,9H2,1-3H3,(H,18,19)(H,20,21). The Morgan fingerprint density at radius 2 is 1.90 bits per heavy atom. The summed E-state index contributed by atoms with van der Waals surface area (Å²) in [7, 11) is 0. The monoisotopic (exact) mass is 290 g/mol. The Hall–Kier alpha value is -1.84. The van der Waals surface area contributed by atoms with Crippen molar-refractivity contribution in [3.63, 3.8) is 0 Å². The van der Waals surface area contributed by atoms with Gasteiger partial charge in [-0.2, -0.15) is 0 Å². The zero-order valence-corrected chi connectivity index (χ0v) is 12.7. The van der Waals surface area contributed by atoms with Gasteiger partial charge in [-0.25, -0.2) is 4.79 Å². The number of hydrogen-bond donors (Lipinski definition) is 2. The van der Waals surface area contributed by atoms with Crippen LogP contribution in [0.1, 0.15) is 61.0 Å². The summed E-state index contributed by atoms with van der Waals surface area (Å²) in [4.78, 5) is 22.3. The van der Waals surface area contributed by atoms with Crippen LogP contribution < -0.4 is 0 Å². The third-order valence-corrected chi connectivity index (χ3v) is 4.35. The van der Waals surface area contributed by atoms with Gasteiger partial charge in [0.05, 0.1) is 5.56 Å². The van der Waals surface area contributed by atoms with Crippen molar-refractivity contribution in [1.82, 2.24) is 0 Å². The van der Waals surface area contributed by atoms with E-state index in [1.165, 1.54) is 0 Å². The minimum Gasteiger partial charge on any atom is -0.481 e. The van der Waals surface area contributed by atoms with Gasteiger partial charge in [-0.05, 0) is 53.4 Å². The van der Waals surface area contributed by atoms with Crippen LogP contribution >= 0.6 is 0 Å². The Bertz CT molecular complexity index is 569. The van der Waals surface area contributed by atoms with Crippen LogP contribution in [0.5, 0.6) is 0 Å². The third-order valence-electron chi connectivity index (χ3n) is 4.35. The van der Waals surface area contributed by atoms with Gasteiger partial charge in [-0.15, -0.1) is 0 Å². The lowest BCUT2D eigenvalue weighted by atomic mass is 9.63. The molecule has 0 amide bonds. The smallest absolute Gasteiger partial charge is 0.335 e. The fourth-order valence-corrected chi connectivity index (χ4v) is 3.62. The van der Waals surface area contributed by atoms with Gasteiger partial charge in [0.25, 0.3) is 0 Å². The molecule has 0 saturated carbocycles. The summed E-state index contributed by atoms with van der Waals surface area (Å²) in [6, 6.07) is 5.26. The molecular weight excluding hydrogens is 268 g/mol. The van der Waals surface area contributed by atoms with Gasteiger partial charge in [-0.1, -0.05) is 26.8 Å². The number of aromatic carboxylic acids is 1. The molecule has 0 fully saturated rings. The Balaban J connectivity index is 2.50. The Morgan fingerprint density at radius 1 is 1.24 bits per heavy atom. The largest absolute Gasteiger partial charge is 0.481 e. The minimum absolute atomic E-state index is 0.0547. The number of fused-ring (bicyclic) bond motifs is 1. The predicted octanol–water partition coefficient (Wildman–Crippen LogP) is 3.55. The number of rotatable bonds is 3. The molecule has 0 aliphatic heterocycles. The maximum absolute atomic E-state index is 11.2. The van der Waals surface area contributed by atoms with Crippen LogP contribution in [0, 0.1) is 11.3 Å². The molecule has 0 aromatic heterocycles. The lowest BCUT2D eigenvalue weighted by molar-refractivity contribution is -0.138. The van der Waals surface area contributed by atoms with E-state index in [9.17, 15) is 14.7 Å². The highest BCUT2D eigenvalue weighted by atomic mass is 16.4. The highest BCUT2D eigenvalue weighted by Gasteiger charge is 2.38. The summed E-state index contributed by atoms with van der Waals surface area (Å²) in [5, 5.41) is 18.3. The van der Waals surface area contributed by atoms with E-state index in [0.29, 0.717) is 0 Å². The normalized spacial score (nSPS) is 21.7. The van der Waals surface area contributed by atoms with Crippen LogP contribution in [0.15, 0.2) is 18.2 Å². The molecule has 2 N–H and O–H groups in total. The van der Waals surface area contributed by atoms with Crippen LogP contribution in [0.2, 0.25) is 0 Å². The van der Waals surface area contributed by atoms with Crippen LogP contribution in [-0.2, 0) is 11.2 Å². The van der Waals surface area contributed by atoms with Gasteiger partial charge < -0.3 is 10.2 Å². The summed E-state index contributed by atoms with van der Waals surface area (Å²) in [5.74, 6) is -1.60. The molecule has 1 aromatic rings. The van der Waals surface area contributed by atoms with E-state index in [1.54, 1.807) is 12.1 Å². The molecule has 4 nitrogen and oxygen atoms in total. The molecule has 21 heavy (non-hydrogen) atoms. The first-order valence-corrected chi connectivity index (χ1v) is 7.28. The Kier molecular flexibility index (Phi) is 4.08. The molecular formula is C17H22O4. The van der Waals surface area contributed by atoms with Gasteiger partial charge >= 0.3 is 11.9 Å². The van der Waals surface area contributed by atoms with Gasteiger partial charge in [0, 0.05) is 6.42 Å². The number of carbonyl (C=O) groups is 2. The van der Waals surface area contributed by atoms with Crippen molar-refractivity contribution in [3.05, 3.63) is 34.9 Å². The maximum atomic E-state index is 11.2. The van der Waals surface area contributed by atoms with E-state index >= 15 is 0 Å². The Labute approximate surface area is 124 Å². The molecule has 4 heteroatoms. The quantitative estimate of drug-likeness (QED) is 0.892. The second kappa shape index (κ2) is 5.51. The first-order valence-electron chi connectivity index (χ1n) is 7.28. The summed E-state index contributed by atoms with van der Waals surface area (Å²) in [6.45, 7) is 6.28. The van der Waals surface area contributed by atoms with Crippen LogP contribution in [0.3, 0.4) is 0 Å². The van der Waals surface area contributed by atoms with Crippen molar-refractivity contribution in [2.75, 3.05) is 0 Å². The summed E-state index contributed by atoms with van der Waals surface area (Å²) < 4.78 is 0. The minimum atomic E-state index is -0.939. The van der Waals surface area contributed by atoms with Crippen molar-refractivity contribution in [2.45, 2.75) is 46.0 Å². The average Bonchev–Trinajstić information content (AvgIpc) is 2.35. The topological polar surface area (TPSA) is 74.6 Å². The molecule has 0 bridgehead atoms. The molecule has 0 spiro atoms. The van der Waals surface area contributed by atoms with E-state index in [2.05, 4.69) is 20.8 Å². The van der Waals surface area contributed by atoms with Crippen molar-refractivity contribution in [1.29, 1.82) is 0 Å². The van der Waals surface area contributed by atoms with E-state index in [-0.39, 0.29) is 29.2 Å². The number of benzene rings is 1. The predicted molar refractivity (Wildman–Crippen MR) is 79.7 cm³/mol. The molecule has 2 atom stereocenters.